The maximum atomic E-state index is 11.7. The average Bonchev–Trinajstić information content (AvgIpc) is 2.23. The van der Waals surface area contributed by atoms with E-state index in [1.165, 1.54) is 12.1 Å². The maximum absolute atomic E-state index is 11.7. The van der Waals surface area contributed by atoms with Gasteiger partial charge in [-0.15, -0.1) is 0 Å². The molecule has 16 heavy (non-hydrogen) atoms. The largest absolute Gasteiger partial charge is 0.398 e. The molecular formula is C10H12Cl2N2O2. The minimum absolute atomic E-state index is 0.296. The van der Waals surface area contributed by atoms with Gasteiger partial charge in [-0.1, -0.05) is 23.2 Å². The number of hydrogen-bond acceptors (Lipinski definition) is 3. The first-order valence-corrected chi connectivity index (χ1v) is 5.33. The molecule has 3 N–H and O–H groups in total. The normalized spacial score (nSPS) is 10.2. The van der Waals surface area contributed by atoms with Crippen LogP contribution < -0.4 is 11.1 Å². The summed E-state index contributed by atoms with van der Waals surface area (Å²) in [6, 6.07) is 2.90. The maximum Gasteiger partial charge on any atom is 0.253 e. The van der Waals surface area contributed by atoms with Crippen molar-refractivity contribution in [2.24, 2.45) is 0 Å². The van der Waals surface area contributed by atoms with Crippen molar-refractivity contribution in [1.29, 1.82) is 0 Å². The highest BCUT2D eigenvalue weighted by molar-refractivity contribution is 6.42. The molecular weight excluding hydrogens is 251 g/mol. The van der Waals surface area contributed by atoms with Gasteiger partial charge in [0.25, 0.3) is 5.91 Å². The molecule has 0 atom stereocenters. The summed E-state index contributed by atoms with van der Waals surface area (Å²) in [4.78, 5) is 11.7. The predicted molar refractivity (Wildman–Crippen MR) is 65.1 cm³/mol. The van der Waals surface area contributed by atoms with Crippen molar-refractivity contribution in [3.63, 3.8) is 0 Å². The topological polar surface area (TPSA) is 64.3 Å². The minimum Gasteiger partial charge on any atom is -0.398 e. The Morgan fingerprint density at radius 1 is 1.44 bits per heavy atom. The van der Waals surface area contributed by atoms with Crippen molar-refractivity contribution in [2.75, 3.05) is 26.0 Å². The van der Waals surface area contributed by atoms with Crippen LogP contribution in [0.15, 0.2) is 12.1 Å². The molecule has 0 aliphatic carbocycles. The average molecular weight is 263 g/mol. The quantitative estimate of drug-likeness (QED) is 0.644. The van der Waals surface area contributed by atoms with Gasteiger partial charge in [0.05, 0.1) is 22.2 Å². The molecule has 0 aliphatic rings. The molecule has 0 unspecified atom stereocenters. The van der Waals surface area contributed by atoms with Crippen LogP contribution >= 0.6 is 23.2 Å². The van der Waals surface area contributed by atoms with Crippen LogP contribution in [-0.4, -0.2) is 26.2 Å². The number of nitrogens with one attached hydrogen (secondary N) is 1. The van der Waals surface area contributed by atoms with Gasteiger partial charge in [-0.2, -0.15) is 0 Å². The zero-order chi connectivity index (χ0) is 12.1. The lowest BCUT2D eigenvalue weighted by atomic mass is 10.1. The zero-order valence-corrected chi connectivity index (χ0v) is 10.2. The van der Waals surface area contributed by atoms with Crippen LogP contribution in [0.2, 0.25) is 10.0 Å². The van der Waals surface area contributed by atoms with E-state index in [0.29, 0.717) is 34.4 Å². The number of rotatable bonds is 4. The van der Waals surface area contributed by atoms with E-state index in [0.717, 1.165) is 0 Å². The Labute approximate surface area is 104 Å². The first-order chi connectivity index (χ1) is 7.56. The number of carbonyl (C=O) groups excluding carboxylic acids is 1. The van der Waals surface area contributed by atoms with Gasteiger partial charge in [0.15, 0.2) is 0 Å². The van der Waals surface area contributed by atoms with Gasteiger partial charge in [-0.05, 0) is 12.1 Å². The second-order valence-electron chi connectivity index (χ2n) is 3.10. The van der Waals surface area contributed by atoms with Gasteiger partial charge in [-0.3, -0.25) is 4.79 Å². The van der Waals surface area contributed by atoms with Crippen LogP contribution in [0.25, 0.3) is 0 Å². The highest BCUT2D eigenvalue weighted by atomic mass is 35.5. The van der Waals surface area contributed by atoms with Crippen molar-refractivity contribution >= 4 is 34.8 Å². The summed E-state index contributed by atoms with van der Waals surface area (Å²) in [6.45, 7) is 0.849. The van der Waals surface area contributed by atoms with E-state index in [1.807, 2.05) is 0 Å². The molecule has 0 aromatic heterocycles. The lowest BCUT2D eigenvalue weighted by Crippen LogP contribution is -2.27. The number of carbonyl (C=O) groups is 1. The summed E-state index contributed by atoms with van der Waals surface area (Å²) in [5, 5.41) is 3.27. The predicted octanol–water partition coefficient (Wildman–Crippen LogP) is 1.95. The van der Waals surface area contributed by atoms with E-state index in [-0.39, 0.29) is 5.91 Å². The lowest BCUT2D eigenvalue weighted by molar-refractivity contribution is 0.0938. The van der Waals surface area contributed by atoms with Crippen molar-refractivity contribution in [3.8, 4) is 0 Å². The monoisotopic (exact) mass is 262 g/mol. The van der Waals surface area contributed by atoms with E-state index < -0.39 is 0 Å². The van der Waals surface area contributed by atoms with Gasteiger partial charge in [-0.25, -0.2) is 0 Å². The van der Waals surface area contributed by atoms with Gasteiger partial charge in [0.1, 0.15) is 0 Å². The zero-order valence-electron chi connectivity index (χ0n) is 8.72. The van der Waals surface area contributed by atoms with Crippen LogP contribution in [0.4, 0.5) is 5.69 Å². The Hall–Kier alpha value is -0.970. The SMILES string of the molecule is COCCNC(=O)c1cc(Cl)c(Cl)cc1N. The summed E-state index contributed by atoms with van der Waals surface area (Å²) in [5.74, 6) is -0.298. The molecule has 0 heterocycles. The Morgan fingerprint density at radius 3 is 2.69 bits per heavy atom. The van der Waals surface area contributed by atoms with Crippen molar-refractivity contribution < 1.29 is 9.53 Å². The summed E-state index contributed by atoms with van der Waals surface area (Å²) in [7, 11) is 1.56. The summed E-state index contributed by atoms with van der Waals surface area (Å²) >= 11 is 11.6. The molecule has 0 fully saturated rings. The van der Waals surface area contributed by atoms with E-state index >= 15 is 0 Å². The molecule has 0 aliphatic heterocycles. The highest BCUT2D eigenvalue weighted by Crippen LogP contribution is 2.27. The van der Waals surface area contributed by atoms with Gasteiger partial charge < -0.3 is 15.8 Å². The lowest BCUT2D eigenvalue weighted by Gasteiger charge is -2.08. The molecule has 0 bridgehead atoms. The van der Waals surface area contributed by atoms with Gasteiger partial charge in [0.2, 0.25) is 0 Å². The number of benzene rings is 1. The first-order valence-electron chi connectivity index (χ1n) is 4.58. The molecule has 6 heteroatoms. The Bertz CT molecular complexity index is 397. The van der Waals surface area contributed by atoms with Crippen molar-refractivity contribution in [1.82, 2.24) is 5.32 Å². The number of methoxy groups -OCH3 is 1. The molecule has 1 rings (SSSR count). The second-order valence-corrected chi connectivity index (χ2v) is 3.92. The number of halogens is 2. The second kappa shape index (κ2) is 5.94. The third-order valence-electron chi connectivity index (χ3n) is 1.93. The van der Waals surface area contributed by atoms with Gasteiger partial charge >= 0.3 is 0 Å². The van der Waals surface area contributed by atoms with Crippen LogP contribution in [0.1, 0.15) is 10.4 Å². The molecule has 88 valence electrons. The van der Waals surface area contributed by atoms with Gasteiger partial charge in [0, 0.05) is 19.3 Å². The molecule has 1 amide bonds. The fraction of sp³-hybridized carbons (Fsp3) is 0.300. The van der Waals surface area contributed by atoms with E-state index in [4.69, 9.17) is 33.7 Å². The fourth-order valence-electron chi connectivity index (χ4n) is 1.12. The summed E-state index contributed by atoms with van der Waals surface area (Å²) in [6.07, 6.45) is 0. The van der Waals surface area contributed by atoms with Crippen LogP contribution in [-0.2, 0) is 4.74 Å². The standard InChI is InChI=1S/C10H12Cl2N2O2/c1-16-3-2-14-10(15)6-4-7(11)8(12)5-9(6)13/h4-5H,2-3,13H2,1H3,(H,14,15). The molecule has 0 radical (unpaired) electrons. The minimum atomic E-state index is -0.298. The first kappa shape index (κ1) is 13.1. The molecule has 1 aromatic rings. The number of amides is 1. The molecule has 0 saturated carbocycles. The molecule has 0 saturated heterocycles. The van der Waals surface area contributed by atoms with Crippen molar-refractivity contribution in [3.05, 3.63) is 27.7 Å². The van der Waals surface area contributed by atoms with Crippen molar-refractivity contribution in [2.45, 2.75) is 0 Å². The van der Waals surface area contributed by atoms with E-state index in [2.05, 4.69) is 5.32 Å². The van der Waals surface area contributed by atoms with Crippen LogP contribution in [0.5, 0.6) is 0 Å². The van der Waals surface area contributed by atoms with E-state index in [1.54, 1.807) is 7.11 Å². The Morgan fingerprint density at radius 2 is 2.06 bits per heavy atom. The highest BCUT2D eigenvalue weighted by Gasteiger charge is 2.11. The van der Waals surface area contributed by atoms with E-state index in [9.17, 15) is 4.79 Å². The smallest absolute Gasteiger partial charge is 0.253 e. The summed E-state index contributed by atoms with van der Waals surface area (Å²) in [5.41, 5.74) is 6.27. The molecule has 1 aromatic carbocycles. The van der Waals surface area contributed by atoms with Crippen LogP contribution in [0, 0.1) is 0 Å². The van der Waals surface area contributed by atoms with Crippen LogP contribution in [0.3, 0.4) is 0 Å². The third kappa shape index (κ3) is 3.27. The number of nitrogens with two attached hydrogens (primary N) is 1. The number of hydrogen-bond donors (Lipinski definition) is 2. The Balaban J connectivity index is 2.79. The molecule has 4 nitrogen and oxygen atoms in total. The summed E-state index contributed by atoms with van der Waals surface area (Å²) < 4.78 is 4.81. The Kier molecular flexibility index (Phi) is 4.86. The fourth-order valence-corrected chi connectivity index (χ4v) is 1.46. The third-order valence-corrected chi connectivity index (χ3v) is 2.65. The number of ether oxygens (including phenoxy) is 1. The number of nitrogen functional groups attached to an aromatic ring is 1. The molecule has 0 spiro atoms. The number of anilines is 1.